The smallest absolute Gasteiger partial charge is 0.267 e. The molecule has 5 nitrogen and oxygen atoms in total. The molecule has 0 bridgehead atoms. The molecule has 0 spiro atoms. The van der Waals surface area contributed by atoms with Gasteiger partial charge in [-0.2, -0.15) is 0 Å². The third kappa shape index (κ3) is 2.19. The van der Waals surface area contributed by atoms with Crippen LogP contribution in [0, 0.1) is 0 Å². The molecule has 4 N–H and O–H groups in total. The molecule has 0 radical (unpaired) electrons. The van der Waals surface area contributed by atoms with Crippen LogP contribution in [-0.4, -0.2) is 19.0 Å². The molecule has 0 atom stereocenters. The van der Waals surface area contributed by atoms with Crippen LogP contribution in [0.25, 0.3) is 10.9 Å². The number of para-hydroxylation sites is 1. The maximum atomic E-state index is 11.7. The quantitative estimate of drug-likeness (QED) is 0.693. The van der Waals surface area contributed by atoms with Crippen LogP contribution in [0.4, 0.5) is 0 Å². The van der Waals surface area contributed by atoms with Crippen molar-refractivity contribution < 1.29 is 13.9 Å². The van der Waals surface area contributed by atoms with Gasteiger partial charge in [-0.3, -0.25) is 13.9 Å². The fourth-order valence-corrected chi connectivity index (χ4v) is 3.87. The molecule has 108 valence electrons. The van der Waals surface area contributed by atoms with E-state index in [0.717, 1.165) is 5.39 Å². The Balaban J connectivity index is 2.33. The first-order valence-corrected chi connectivity index (χ1v) is 7.76. The average Bonchev–Trinajstić information content (AvgIpc) is 2.88. The van der Waals surface area contributed by atoms with E-state index in [1.54, 1.807) is 54.6 Å². The van der Waals surface area contributed by atoms with Crippen LogP contribution < -0.4 is 5.73 Å². The Morgan fingerprint density at radius 1 is 1.00 bits per heavy atom. The number of carbonyl (C=O) groups is 1. The molecule has 1 amide bonds. The van der Waals surface area contributed by atoms with Gasteiger partial charge in [0.25, 0.3) is 5.91 Å². The fourth-order valence-electron chi connectivity index (χ4n) is 2.28. The second kappa shape index (κ2) is 4.92. The first kappa shape index (κ1) is 13.7. The number of fused-ring (bicyclic) bond motifs is 1. The molecule has 0 aliphatic rings. The number of nitrogens with two attached hydrogens (primary N) is 1. The van der Waals surface area contributed by atoms with Gasteiger partial charge in [-0.15, -0.1) is 0 Å². The van der Waals surface area contributed by atoms with Crippen molar-refractivity contribution in [2.45, 2.75) is 4.90 Å². The molecule has 0 aliphatic heterocycles. The third-order valence-electron chi connectivity index (χ3n) is 3.23. The SMILES string of the molecule is NC(=O)c1cc2ccccc2n1S(O)(O)c1ccccc1. The van der Waals surface area contributed by atoms with E-state index in [-0.39, 0.29) is 5.69 Å². The van der Waals surface area contributed by atoms with E-state index >= 15 is 0 Å². The maximum absolute atomic E-state index is 11.7. The summed E-state index contributed by atoms with van der Waals surface area (Å²) in [6, 6.07) is 17.1. The average molecular weight is 302 g/mol. The highest BCUT2D eigenvalue weighted by Crippen LogP contribution is 2.52. The summed E-state index contributed by atoms with van der Waals surface area (Å²) in [6.45, 7) is 0. The molecule has 0 saturated heterocycles. The van der Waals surface area contributed by atoms with E-state index in [4.69, 9.17) is 5.73 Å². The molecular weight excluding hydrogens is 288 g/mol. The molecular formula is C15H14N2O3S. The van der Waals surface area contributed by atoms with Crippen LogP contribution in [-0.2, 0) is 0 Å². The van der Waals surface area contributed by atoms with E-state index in [0.29, 0.717) is 10.4 Å². The molecule has 6 heteroatoms. The lowest BCUT2D eigenvalue weighted by atomic mass is 10.2. The number of amides is 1. The van der Waals surface area contributed by atoms with Crippen LogP contribution in [0.3, 0.4) is 0 Å². The molecule has 1 heterocycles. The summed E-state index contributed by atoms with van der Waals surface area (Å²) >= 11 is 0. The van der Waals surface area contributed by atoms with E-state index in [2.05, 4.69) is 0 Å². The van der Waals surface area contributed by atoms with Gasteiger partial charge < -0.3 is 5.73 Å². The van der Waals surface area contributed by atoms with Gasteiger partial charge >= 0.3 is 0 Å². The molecule has 0 aliphatic carbocycles. The van der Waals surface area contributed by atoms with Crippen molar-refractivity contribution >= 4 is 27.6 Å². The van der Waals surface area contributed by atoms with E-state index in [9.17, 15) is 13.9 Å². The number of primary amides is 1. The highest BCUT2D eigenvalue weighted by atomic mass is 32.3. The van der Waals surface area contributed by atoms with Gasteiger partial charge in [-0.25, -0.2) is 3.97 Å². The van der Waals surface area contributed by atoms with Gasteiger partial charge in [0.1, 0.15) is 5.69 Å². The number of rotatable bonds is 3. The van der Waals surface area contributed by atoms with Crippen molar-refractivity contribution in [2.75, 3.05) is 0 Å². The van der Waals surface area contributed by atoms with Crippen molar-refractivity contribution in [2.24, 2.45) is 5.73 Å². The van der Waals surface area contributed by atoms with Crippen LogP contribution in [0.1, 0.15) is 10.5 Å². The number of carbonyl (C=O) groups excluding carboxylic acids is 1. The first-order chi connectivity index (χ1) is 10.0. The fraction of sp³-hybridized carbons (Fsp3) is 0. The van der Waals surface area contributed by atoms with Crippen molar-refractivity contribution in [3.05, 3.63) is 66.4 Å². The molecule has 21 heavy (non-hydrogen) atoms. The Hall–Kier alpha value is -2.28. The topological polar surface area (TPSA) is 88.5 Å². The van der Waals surface area contributed by atoms with Crippen molar-refractivity contribution in [1.29, 1.82) is 0 Å². The third-order valence-corrected chi connectivity index (χ3v) is 5.04. The Labute approximate surface area is 123 Å². The number of nitrogens with zero attached hydrogens (tertiary/aromatic N) is 1. The lowest BCUT2D eigenvalue weighted by molar-refractivity contribution is 0.0994. The predicted molar refractivity (Wildman–Crippen MR) is 83.4 cm³/mol. The lowest BCUT2D eigenvalue weighted by Gasteiger charge is -2.35. The molecule has 3 aromatic rings. The van der Waals surface area contributed by atoms with Gasteiger partial charge in [-0.1, -0.05) is 47.2 Å². The standard InChI is InChI=1S/C15H14N2O3S/c16-15(18)14-10-11-6-4-5-9-13(11)17(14)21(19,20)12-7-2-1-3-8-12/h1-10,19-20H,(H2,16,18). The van der Waals surface area contributed by atoms with Gasteiger partial charge in [0.05, 0.1) is 10.4 Å². The van der Waals surface area contributed by atoms with Crippen LogP contribution in [0.2, 0.25) is 0 Å². The summed E-state index contributed by atoms with van der Waals surface area (Å²) in [5.41, 5.74) is 6.01. The zero-order chi connectivity index (χ0) is 15.0. The zero-order valence-electron chi connectivity index (χ0n) is 11.0. The summed E-state index contributed by atoms with van der Waals surface area (Å²) in [4.78, 5) is 12.0. The first-order valence-electron chi connectivity index (χ1n) is 6.26. The van der Waals surface area contributed by atoms with Crippen LogP contribution >= 0.6 is 10.8 Å². The zero-order valence-corrected chi connectivity index (χ0v) is 11.8. The minimum Gasteiger partial charge on any atom is -0.364 e. The summed E-state index contributed by atoms with van der Waals surface area (Å²) in [5, 5.41) is 0.724. The number of hydrogen-bond donors (Lipinski definition) is 3. The van der Waals surface area contributed by atoms with E-state index in [1.807, 2.05) is 6.07 Å². The molecule has 2 aromatic carbocycles. The van der Waals surface area contributed by atoms with Gasteiger partial charge in [0, 0.05) is 5.39 Å². The Bertz CT molecular complexity index is 812. The van der Waals surface area contributed by atoms with Crippen molar-refractivity contribution in [1.82, 2.24) is 3.97 Å². The highest BCUT2D eigenvalue weighted by molar-refractivity contribution is 8.23. The van der Waals surface area contributed by atoms with Gasteiger partial charge in [0.2, 0.25) is 0 Å². The van der Waals surface area contributed by atoms with E-state index in [1.165, 1.54) is 3.97 Å². The predicted octanol–water partition coefficient (Wildman–Crippen LogP) is 3.31. The number of benzene rings is 2. The monoisotopic (exact) mass is 302 g/mol. The number of hydrogen-bond acceptors (Lipinski definition) is 3. The molecule has 0 fully saturated rings. The molecule has 0 saturated carbocycles. The Morgan fingerprint density at radius 2 is 1.62 bits per heavy atom. The summed E-state index contributed by atoms with van der Waals surface area (Å²) < 4.78 is 22.6. The normalized spacial score (nSPS) is 12.5. The maximum Gasteiger partial charge on any atom is 0.267 e. The minimum absolute atomic E-state index is 0.0695. The second-order valence-corrected chi connectivity index (χ2v) is 6.45. The molecule has 3 rings (SSSR count). The van der Waals surface area contributed by atoms with Crippen LogP contribution in [0.15, 0.2) is 65.6 Å². The largest absolute Gasteiger partial charge is 0.364 e. The van der Waals surface area contributed by atoms with E-state index < -0.39 is 16.7 Å². The Morgan fingerprint density at radius 3 is 2.29 bits per heavy atom. The molecule has 1 aromatic heterocycles. The molecule has 0 unspecified atom stereocenters. The van der Waals surface area contributed by atoms with Crippen molar-refractivity contribution in [3.8, 4) is 0 Å². The minimum atomic E-state index is -3.38. The second-order valence-electron chi connectivity index (χ2n) is 4.58. The lowest BCUT2D eigenvalue weighted by Crippen LogP contribution is -2.20. The van der Waals surface area contributed by atoms with Gasteiger partial charge in [-0.05, 0) is 24.3 Å². The van der Waals surface area contributed by atoms with Crippen molar-refractivity contribution in [3.63, 3.8) is 0 Å². The highest BCUT2D eigenvalue weighted by Gasteiger charge is 2.25. The summed E-state index contributed by atoms with van der Waals surface area (Å²) in [6.07, 6.45) is 0. The van der Waals surface area contributed by atoms with Crippen LogP contribution in [0.5, 0.6) is 0 Å². The summed E-state index contributed by atoms with van der Waals surface area (Å²) in [5.74, 6) is -0.706. The summed E-state index contributed by atoms with van der Waals surface area (Å²) in [7, 11) is -3.38. The number of aromatic nitrogens is 1. The Kier molecular flexibility index (Phi) is 3.21. The van der Waals surface area contributed by atoms with Gasteiger partial charge in [0.15, 0.2) is 0 Å².